The summed E-state index contributed by atoms with van der Waals surface area (Å²) in [4.78, 5) is 23.6. The third kappa shape index (κ3) is 5.27. The van der Waals surface area contributed by atoms with Crippen molar-refractivity contribution in [3.05, 3.63) is 24.3 Å². The summed E-state index contributed by atoms with van der Waals surface area (Å²) >= 11 is 0. The molecule has 1 aromatic rings. The van der Waals surface area contributed by atoms with Gasteiger partial charge in [0.25, 0.3) is 0 Å². The second kappa shape index (κ2) is 8.26. The van der Waals surface area contributed by atoms with Crippen molar-refractivity contribution in [1.29, 1.82) is 0 Å². The molecule has 0 atom stereocenters. The molecule has 6 nitrogen and oxygen atoms in total. The van der Waals surface area contributed by atoms with Gasteiger partial charge in [0.1, 0.15) is 5.75 Å². The van der Waals surface area contributed by atoms with Crippen LogP contribution in [0.3, 0.4) is 0 Å². The van der Waals surface area contributed by atoms with E-state index in [-0.39, 0.29) is 18.5 Å². The Bertz CT molecular complexity index is 513. The Morgan fingerprint density at radius 2 is 2.00 bits per heavy atom. The van der Waals surface area contributed by atoms with Crippen molar-refractivity contribution < 1.29 is 14.3 Å². The number of amides is 3. The lowest BCUT2D eigenvalue weighted by Crippen LogP contribution is -2.43. The van der Waals surface area contributed by atoms with Crippen molar-refractivity contribution in [2.45, 2.75) is 38.1 Å². The minimum Gasteiger partial charge on any atom is -0.497 e. The maximum atomic E-state index is 11.8. The zero-order chi connectivity index (χ0) is 15.8. The molecule has 0 saturated heterocycles. The highest BCUT2D eigenvalue weighted by atomic mass is 16.5. The van der Waals surface area contributed by atoms with E-state index in [0.29, 0.717) is 11.4 Å². The molecule has 1 aromatic carbocycles. The van der Waals surface area contributed by atoms with Crippen molar-refractivity contribution in [3.63, 3.8) is 0 Å². The van der Waals surface area contributed by atoms with Gasteiger partial charge in [0.05, 0.1) is 13.7 Å². The van der Waals surface area contributed by atoms with Gasteiger partial charge in [0.2, 0.25) is 5.91 Å². The Labute approximate surface area is 130 Å². The molecule has 120 valence electrons. The average molecular weight is 305 g/mol. The summed E-state index contributed by atoms with van der Waals surface area (Å²) in [6, 6.07) is 6.88. The first-order valence-electron chi connectivity index (χ1n) is 7.65. The zero-order valence-corrected chi connectivity index (χ0v) is 12.9. The van der Waals surface area contributed by atoms with E-state index in [1.165, 1.54) is 6.42 Å². The molecular weight excluding hydrogens is 282 g/mol. The molecule has 1 aliphatic carbocycles. The van der Waals surface area contributed by atoms with Crippen molar-refractivity contribution in [2.75, 3.05) is 19.0 Å². The predicted octanol–water partition coefficient (Wildman–Crippen LogP) is 2.27. The Balaban J connectivity index is 1.71. The summed E-state index contributed by atoms with van der Waals surface area (Å²) in [6.07, 6.45) is 5.63. The molecule has 6 heteroatoms. The molecule has 0 unspecified atom stereocenters. The molecule has 0 bridgehead atoms. The number of hydrogen-bond acceptors (Lipinski definition) is 3. The summed E-state index contributed by atoms with van der Waals surface area (Å²) < 4.78 is 5.08. The molecule has 0 spiro atoms. The lowest BCUT2D eigenvalue weighted by Gasteiger charge is -2.22. The highest BCUT2D eigenvalue weighted by molar-refractivity contribution is 5.92. The van der Waals surface area contributed by atoms with Crippen LogP contribution in [-0.2, 0) is 4.79 Å². The number of benzene rings is 1. The minimum atomic E-state index is -0.410. The number of carbonyl (C=O) groups is 2. The molecule has 0 aliphatic heterocycles. The number of rotatable bonds is 5. The first kappa shape index (κ1) is 16.1. The molecule has 3 N–H and O–H groups in total. The van der Waals surface area contributed by atoms with Crippen molar-refractivity contribution in [3.8, 4) is 5.75 Å². The lowest BCUT2D eigenvalue weighted by atomic mass is 9.95. The van der Waals surface area contributed by atoms with Crippen LogP contribution in [0.25, 0.3) is 0 Å². The van der Waals surface area contributed by atoms with Gasteiger partial charge in [-0.15, -0.1) is 0 Å². The van der Waals surface area contributed by atoms with E-state index in [0.717, 1.165) is 25.7 Å². The Morgan fingerprint density at radius 1 is 1.23 bits per heavy atom. The summed E-state index contributed by atoms with van der Waals surface area (Å²) in [5, 5.41) is 8.18. The van der Waals surface area contributed by atoms with Crippen LogP contribution < -0.4 is 20.7 Å². The fraction of sp³-hybridized carbons (Fsp3) is 0.500. The molecule has 1 fully saturated rings. The molecule has 1 aliphatic rings. The normalized spacial score (nSPS) is 15.0. The lowest BCUT2D eigenvalue weighted by molar-refractivity contribution is -0.120. The van der Waals surface area contributed by atoms with E-state index in [1.807, 2.05) is 0 Å². The number of carbonyl (C=O) groups excluding carboxylic acids is 2. The molecule has 1 saturated carbocycles. The minimum absolute atomic E-state index is 0.0215. The largest absolute Gasteiger partial charge is 0.497 e. The second-order valence-corrected chi connectivity index (χ2v) is 5.44. The SMILES string of the molecule is COc1cccc(NC(=O)NCC(=O)NC2CCCCC2)c1. The van der Waals surface area contributed by atoms with Gasteiger partial charge in [0, 0.05) is 17.8 Å². The van der Waals surface area contributed by atoms with E-state index in [4.69, 9.17) is 4.74 Å². The number of hydrogen-bond donors (Lipinski definition) is 3. The van der Waals surface area contributed by atoms with Crippen LogP contribution in [0.2, 0.25) is 0 Å². The van der Waals surface area contributed by atoms with Crippen LogP contribution in [-0.4, -0.2) is 31.6 Å². The van der Waals surface area contributed by atoms with Gasteiger partial charge < -0.3 is 20.7 Å². The quantitative estimate of drug-likeness (QED) is 0.780. The average Bonchev–Trinajstić information content (AvgIpc) is 2.54. The molecule has 22 heavy (non-hydrogen) atoms. The maximum Gasteiger partial charge on any atom is 0.319 e. The van der Waals surface area contributed by atoms with Crippen molar-refractivity contribution in [2.24, 2.45) is 0 Å². The van der Waals surface area contributed by atoms with E-state index in [9.17, 15) is 9.59 Å². The van der Waals surface area contributed by atoms with Gasteiger partial charge in [-0.2, -0.15) is 0 Å². The molecular formula is C16H23N3O3. The van der Waals surface area contributed by atoms with Crippen LogP contribution in [0, 0.1) is 0 Å². The molecule has 0 aromatic heterocycles. The van der Waals surface area contributed by atoms with Gasteiger partial charge >= 0.3 is 6.03 Å². The topological polar surface area (TPSA) is 79.5 Å². The summed E-state index contributed by atoms with van der Waals surface area (Å²) in [7, 11) is 1.56. The van der Waals surface area contributed by atoms with Crippen LogP contribution in [0.4, 0.5) is 10.5 Å². The second-order valence-electron chi connectivity index (χ2n) is 5.44. The number of anilines is 1. The fourth-order valence-corrected chi connectivity index (χ4v) is 2.56. The van der Waals surface area contributed by atoms with Crippen LogP contribution in [0.15, 0.2) is 24.3 Å². The Hall–Kier alpha value is -2.24. The first-order chi connectivity index (χ1) is 10.7. The van der Waals surface area contributed by atoms with Gasteiger partial charge in [-0.3, -0.25) is 4.79 Å². The van der Waals surface area contributed by atoms with Gasteiger partial charge in [0.15, 0.2) is 0 Å². The van der Waals surface area contributed by atoms with Crippen molar-refractivity contribution in [1.82, 2.24) is 10.6 Å². The number of methoxy groups -OCH3 is 1. The molecule has 0 heterocycles. The predicted molar refractivity (Wildman–Crippen MR) is 85.0 cm³/mol. The smallest absolute Gasteiger partial charge is 0.319 e. The number of urea groups is 1. The summed E-state index contributed by atoms with van der Waals surface area (Å²) in [5.41, 5.74) is 0.615. The van der Waals surface area contributed by atoms with Crippen molar-refractivity contribution >= 4 is 17.6 Å². The van der Waals surface area contributed by atoms with Gasteiger partial charge in [-0.1, -0.05) is 25.3 Å². The highest BCUT2D eigenvalue weighted by Gasteiger charge is 2.15. The van der Waals surface area contributed by atoms with E-state index in [1.54, 1.807) is 31.4 Å². The molecule has 0 radical (unpaired) electrons. The zero-order valence-electron chi connectivity index (χ0n) is 12.9. The third-order valence-electron chi connectivity index (χ3n) is 3.71. The number of ether oxygens (including phenoxy) is 1. The van der Waals surface area contributed by atoms with Crippen LogP contribution in [0.1, 0.15) is 32.1 Å². The van der Waals surface area contributed by atoms with Crippen LogP contribution >= 0.6 is 0 Å². The van der Waals surface area contributed by atoms with Crippen LogP contribution in [0.5, 0.6) is 5.75 Å². The van der Waals surface area contributed by atoms with E-state index in [2.05, 4.69) is 16.0 Å². The van der Waals surface area contributed by atoms with Gasteiger partial charge in [-0.25, -0.2) is 4.79 Å². The van der Waals surface area contributed by atoms with Gasteiger partial charge in [-0.05, 0) is 25.0 Å². The third-order valence-corrected chi connectivity index (χ3v) is 3.71. The van der Waals surface area contributed by atoms with E-state index >= 15 is 0 Å². The number of nitrogens with one attached hydrogen (secondary N) is 3. The first-order valence-corrected chi connectivity index (χ1v) is 7.65. The standard InChI is InChI=1S/C16H23N3O3/c1-22-14-9-5-8-13(10-14)19-16(21)17-11-15(20)18-12-6-3-2-4-7-12/h5,8-10,12H,2-4,6-7,11H2,1H3,(H,18,20)(H2,17,19,21). The van der Waals surface area contributed by atoms with E-state index < -0.39 is 6.03 Å². The summed E-state index contributed by atoms with van der Waals surface area (Å²) in [5.74, 6) is 0.514. The molecule has 2 rings (SSSR count). The Morgan fingerprint density at radius 3 is 2.73 bits per heavy atom. The maximum absolute atomic E-state index is 11.8. The molecule has 3 amide bonds. The monoisotopic (exact) mass is 305 g/mol. The highest BCUT2D eigenvalue weighted by Crippen LogP contribution is 2.17. The summed E-state index contributed by atoms with van der Waals surface area (Å²) in [6.45, 7) is -0.0215. The Kier molecular flexibility index (Phi) is 6.06. The fourth-order valence-electron chi connectivity index (χ4n) is 2.56.